The molecule has 2 aromatic rings. The zero-order valence-electron chi connectivity index (χ0n) is 13.0. The Morgan fingerprint density at radius 1 is 1.29 bits per heavy atom. The van der Waals surface area contributed by atoms with Gasteiger partial charge in [0.15, 0.2) is 5.82 Å². The number of nitrogens with one attached hydrogen (secondary N) is 3. The fourth-order valence-corrected chi connectivity index (χ4v) is 2.51. The maximum absolute atomic E-state index is 13.1. The van der Waals surface area contributed by atoms with Crippen molar-refractivity contribution in [1.29, 1.82) is 0 Å². The summed E-state index contributed by atoms with van der Waals surface area (Å²) in [5.41, 5.74) is 1.31. The quantitative estimate of drug-likeness (QED) is 0.805. The summed E-state index contributed by atoms with van der Waals surface area (Å²) in [6.45, 7) is 3.33. The summed E-state index contributed by atoms with van der Waals surface area (Å²) in [4.78, 5) is 24.4. The highest BCUT2D eigenvalue weighted by atomic mass is 19.1. The van der Waals surface area contributed by atoms with E-state index in [9.17, 15) is 14.0 Å². The second-order valence-corrected chi connectivity index (χ2v) is 5.40. The smallest absolute Gasteiger partial charge is 0.319 e. The normalized spacial score (nSPS) is 17.3. The maximum Gasteiger partial charge on any atom is 0.319 e. The summed E-state index contributed by atoms with van der Waals surface area (Å²) in [6, 6.07) is 6.03. The Balaban J connectivity index is 1.94. The van der Waals surface area contributed by atoms with Crippen LogP contribution in [-0.2, 0) is 4.79 Å². The largest absolute Gasteiger partial charge is 0.360 e. The summed E-state index contributed by atoms with van der Waals surface area (Å²) in [7, 11) is 0. The van der Waals surface area contributed by atoms with Crippen LogP contribution in [-0.4, -0.2) is 17.1 Å². The number of carbonyl (C=O) groups excluding carboxylic acids is 2. The topological polar surface area (TPSA) is 96.3 Å². The summed E-state index contributed by atoms with van der Waals surface area (Å²) < 4.78 is 18.1. The predicted octanol–water partition coefficient (Wildman–Crippen LogP) is 2.39. The molecule has 1 atom stereocenters. The lowest BCUT2D eigenvalue weighted by Gasteiger charge is -2.28. The Kier molecular flexibility index (Phi) is 4.03. The molecule has 24 heavy (non-hydrogen) atoms. The van der Waals surface area contributed by atoms with Gasteiger partial charge >= 0.3 is 6.03 Å². The summed E-state index contributed by atoms with van der Waals surface area (Å²) in [5.74, 6) is -0.0138. The molecule has 2 heterocycles. The molecule has 0 unspecified atom stereocenters. The molecule has 0 saturated heterocycles. The van der Waals surface area contributed by atoms with Crippen molar-refractivity contribution in [2.75, 3.05) is 5.32 Å². The van der Waals surface area contributed by atoms with Crippen LogP contribution in [0.4, 0.5) is 15.0 Å². The number of aryl methyl sites for hydroxylation is 1. The van der Waals surface area contributed by atoms with Gasteiger partial charge in [-0.1, -0.05) is 17.3 Å². The Hall–Kier alpha value is -3.16. The lowest BCUT2D eigenvalue weighted by molar-refractivity contribution is -0.113. The minimum Gasteiger partial charge on any atom is -0.360 e. The molecule has 124 valence electrons. The van der Waals surface area contributed by atoms with E-state index in [4.69, 9.17) is 4.52 Å². The lowest BCUT2D eigenvalue weighted by atomic mass is 9.95. The highest BCUT2D eigenvalue weighted by Gasteiger charge is 2.31. The van der Waals surface area contributed by atoms with Crippen molar-refractivity contribution in [2.45, 2.75) is 19.9 Å². The Bertz CT molecular complexity index is 826. The number of benzene rings is 1. The van der Waals surface area contributed by atoms with E-state index in [1.807, 2.05) is 0 Å². The highest BCUT2D eigenvalue weighted by molar-refractivity contribution is 6.06. The van der Waals surface area contributed by atoms with Crippen molar-refractivity contribution >= 4 is 17.8 Å². The maximum atomic E-state index is 13.1. The van der Waals surface area contributed by atoms with E-state index in [0.29, 0.717) is 22.6 Å². The number of nitrogens with zero attached hydrogens (tertiary/aromatic N) is 1. The minimum absolute atomic E-state index is 0.271. The molecule has 0 fully saturated rings. The molecule has 8 heteroatoms. The van der Waals surface area contributed by atoms with E-state index in [1.54, 1.807) is 19.9 Å². The lowest BCUT2D eigenvalue weighted by Crippen LogP contribution is -2.46. The van der Waals surface area contributed by atoms with Crippen LogP contribution in [0, 0.1) is 12.7 Å². The van der Waals surface area contributed by atoms with Crippen molar-refractivity contribution < 1.29 is 18.5 Å². The summed E-state index contributed by atoms with van der Waals surface area (Å²) in [5, 5.41) is 11.6. The number of aromatic nitrogens is 1. The molecule has 3 amide bonds. The van der Waals surface area contributed by atoms with Crippen molar-refractivity contribution in [3.05, 3.63) is 58.7 Å². The van der Waals surface area contributed by atoms with Gasteiger partial charge in [0.05, 0.1) is 11.6 Å². The van der Waals surface area contributed by atoms with Crippen LogP contribution in [0.5, 0.6) is 0 Å². The minimum atomic E-state index is -0.702. The fourth-order valence-electron chi connectivity index (χ4n) is 2.51. The van der Waals surface area contributed by atoms with Gasteiger partial charge in [-0.05, 0) is 31.5 Å². The van der Waals surface area contributed by atoms with Gasteiger partial charge in [0.2, 0.25) is 0 Å². The van der Waals surface area contributed by atoms with Crippen molar-refractivity contribution in [2.24, 2.45) is 0 Å². The second-order valence-electron chi connectivity index (χ2n) is 5.40. The molecule has 1 aliphatic rings. The standard InChI is InChI=1S/C16H15FN4O3/c1-8-7-12(21-24-8)19-15(22)13-9(2)18-16(23)20-14(13)10-3-5-11(17)6-4-10/h3-7,14H,1-2H3,(H2,18,20,23)(H,19,21,22)/t14-/m1/s1. The first-order valence-corrected chi connectivity index (χ1v) is 7.22. The summed E-state index contributed by atoms with van der Waals surface area (Å²) in [6.07, 6.45) is 0. The first kappa shape index (κ1) is 15.7. The van der Waals surface area contributed by atoms with E-state index >= 15 is 0 Å². The van der Waals surface area contributed by atoms with Crippen LogP contribution in [0.15, 0.2) is 46.1 Å². The van der Waals surface area contributed by atoms with Crippen LogP contribution < -0.4 is 16.0 Å². The number of halogens is 1. The van der Waals surface area contributed by atoms with E-state index < -0.39 is 23.8 Å². The molecule has 7 nitrogen and oxygen atoms in total. The number of amides is 3. The van der Waals surface area contributed by atoms with Gasteiger partial charge < -0.3 is 20.5 Å². The second kappa shape index (κ2) is 6.15. The third-order valence-electron chi connectivity index (χ3n) is 3.59. The first-order chi connectivity index (χ1) is 11.4. The number of urea groups is 1. The van der Waals surface area contributed by atoms with E-state index in [-0.39, 0.29) is 5.82 Å². The number of rotatable bonds is 3. The average molecular weight is 330 g/mol. The number of hydrogen-bond donors (Lipinski definition) is 3. The molecule has 0 aliphatic carbocycles. The van der Waals surface area contributed by atoms with Crippen LogP contribution >= 0.6 is 0 Å². The van der Waals surface area contributed by atoms with Gasteiger partial charge in [-0.3, -0.25) is 4.79 Å². The average Bonchev–Trinajstić information content (AvgIpc) is 2.92. The van der Waals surface area contributed by atoms with E-state index in [2.05, 4.69) is 21.1 Å². The molecule has 3 N–H and O–H groups in total. The van der Waals surface area contributed by atoms with Gasteiger partial charge in [-0.15, -0.1) is 0 Å². The SMILES string of the molecule is CC1=C(C(=O)Nc2cc(C)on2)[C@@H](c2ccc(F)cc2)NC(=O)N1. The Labute approximate surface area is 136 Å². The number of anilines is 1. The third kappa shape index (κ3) is 3.12. The predicted molar refractivity (Wildman–Crippen MR) is 83.4 cm³/mol. The Morgan fingerprint density at radius 3 is 2.62 bits per heavy atom. The highest BCUT2D eigenvalue weighted by Crippen LogP contribution is 2.27. The zero-order chi connectivity index (χ0) is 17.3. The fraction of sp³-hybridized carbons (Fsp3) is 0.188. The zero-order valence-corrected chi connectivity index (χ0v) is 13.0. The molecular weight excluding hydrogens is 315 g/mol. The monoisotopic (exact) mass is 330 g/mol. The van der Waals surface area contributed by atoms with Crippen LogP contribution in [0.1, 0.15) is 24.3 Å². The molecule has 1 aromatic carbocycles. The van der Waals surface area contributed by atoms with Crippen LogP contribution in [0.3, 0.4) is 0 Å². The molecule has 0 radical (unpaired) electrons. The van der Waals surface area contributed by atoms with Crippen molar-refractivity contribution in [3.8, 4) is 0 Å². The number of hydrogen-bond acceptors (Lipinski definition) is 4. The number of allylic oxidation sites excluding steroid dienone is 1. The van der Waals surface area contributed by atoms with Crippen molar-refractivity contribution in [3.63, 3.8) is 0 Å². The summed E-state index contributed by atoms with van der Waals surface area (Å²) >= 11 is 0. The third-order valence-corrected chi connectivity index (χ3v) is 3.59. The van der Waals surface area contributed by atoms with Gasteiger partial charge in [-0.2, -0.15) is 0 Å². The Morgan fingerprint density at radius 2 is 2.00 bits per heavy atom. The van der Waals surface area contributed by atoms with E-state index in [1.165, 1.54) is 24.3 Å². The van der Waals surface area contributed by atoms with Gasteiger partial charge in [0, 0.05) is 11.8 Å². The molecule has 3 rings (SSSR count). The molecule has 1 aromatic heterocycles. The molecule has 1 aliphatic heterocycles. The van der Waals surface area contributed by atoms with Gasteiger partial charge in [0.1, 0.15) is 11.6 Å². The molecular formula is C16H15FN4O3. The number of carbonyl (C=O) groups is 2. The van der Waals surface area contributed by atoms with Crippen LogP contribution in [0.25, 0.3) is 0 Å². The molecule has 0 spiro atoms. The molecule has 0 saturated carbocycles. The first-order valence-electron chi connectivity index (χ1n) is 7.22. The van der Waals surface area contributed by atoms with Crippen LogP contribution in [0.2, 0.25) is 0 Å². The van der Waals surface area contributed by atoms with Gasteiger partial charge in [0.25, 0.3) is 5.91 Å². The van der Waals surface area contributed by atoms with E-state index in [0.717, 1.165) is 0 Å². The molecule has 0 bridgehead atoms. The van der Waals surface area contributed by atoms with Gasteiger partial charge in [-0.25, -0.2) is 9.18 Å². The van der Waals surface area contributed by atoms with Crippen molar-refractivity contribution in [1.82, 2.24) is 15.8 Å².